The van der Waals surface area contributed by atoms with Gasteiger partial charge in [-0.1, -0.05) is 30.0 Å². The smallest absolute Gasteiger partial charge is 0.233 e. The summed E-state index contributed by atoms with van der Waals surface area (Å²) in [4.78, 5) is 18.5. The highest BCUT2D eigenvalue weighted by Crippen LogP contribution is 2.24. The Balaban J connectivity index is 1.38. The molecule has 0 unspecified atom stereocenters. The molecule has 0 bridgehead atoms. The van der Waals surface area contributed by atoms with Crippen LogP contribution in [0.4, 0.5) is 0 Å². The van der Waals surface area contributed by atoms with Gasteiger partial charge in [-0.25, -0.2) is 0 Å². The number of thioether (sulfide) groups is 1. The molecule has 8 heteroatoms. The number of nitrogens with zero attached hydrogens (tertiary/aromatic N) is 5. The van der Waals surface area contributed by atoms with Crippen molar-refractivity contribution in [2.24, 2.45) is 7.05 Å². The third kappa shape index (κ3) is 4.69. The van der Waals surface area contributed by atoms with E-state index in [1.54, 1.807) is 24.4 Å². The molecular formula is C23H23N5O2S. The van der Waals surface area contributed by atoms with Crippen molar-refractivity contribution in [1.82, 2.24) is 24.6 Å². The van der Waals surface area contributed by atoms with Gasteiger partial charge in [0.15, 0.2) is 11.0 Å². The summed E-state index contributed by atoms with van der Waals surface area (Å²) >= 11 is 1.38. The Morgan fingerprint density at radius 3 is 2.71 bits per heavy atom. The van der Waals surface area contributed by atoms with Crippen molar-refractivity contribution in [2.75, 3.05) is 19.9 Å². The maximum absolute atomic E-state index is 12.7. The van der Waals surface area contributed by atoms with E-state index < -0.39 is 0 Å². The molecule has 1 amide bonds. The predicted octanol–water partition coefficient (Wildman–Crippen LogP) is 3.79. The minimum Gasteiger partial charge on any atom is -0.497 e. The van der Waals surface area contributed by atoms with Crippen molar-refractivity contribution in [2.45, 2.75) is 11.7 Å². The second kappa shape index (κ2) is 9.18. The zero-order chi connectivity index (χ0) is 21.8. The van der Waals surface area contributed by atoms with E-state index in [0.717, 1.165) is 33.5 Å². The minimum atomic E-state index is 0.0331. The first-order chi connectivity index (χ1) is 15.0. The van der Waals surface area contributed by atoms with Gasteiger partial charge in [0.1, 0.15) is 5.75 Å². The van der Waals surface area contributed by atoms with Crippen LogP contribution in [0.3, 0.4) is 0 Å². The van der Waals surface area contributed by atoms with Gasteiger partial charge in [0.05, 0.1) is 12.9 Å². The zero-order valence-corrected chi connectivity index (χ0v) is 18.5. The first-order valence-corrected chi connectivity index (χ1v) is 10.8. The topological polar surface area (TPSA) is 73.1 Å². The molecule has 0 saturated carbocycles. The average molecular weight is 434 g/mol. The Hall–Kier alpha value is -3.39. The quantitative estimate of drug-likeness (QED) is 0.413. The highest BCUT2D eigenvalue weighted by molar-refractivity contribution is 7.99. The standard InChI is InChI=1S/C23H23N5O2S/c1-27(14-16-6-7-18-12-20(30-3)9-8-17(18)11-16)21(29)15-31-23-26-25-22(28(23)2)19-5-4-10-24-13-19/h4-13H,14-15H2,1-3H3. The Morgan fingerprint density at radius 2 is 1.94 bits per heavy atom. The van der Waals surface area contributed by atoms with E-state index >= 15 is 0 Å². The number of hydrogen-bond acceptors (Lipinski definition) is 6. The Kier molecular flexibility index (Phi) is 6.18. The molecule has 4 aromatic rings. The predicted molar refractivity (Wildman–Crippen MR) is 122 cm³/mol. The molecule has 0 aliphatic heterocycles. The SMILES string of the molecule is COc1ccc2cc(CN(C)C(=O)CSc3nnc(-c4cccnc4)n3C)ccc2c1. The molecule has 0 aliphatic rings. The molecular weight excluding hydrogens is 410 g/mol. The molecule has 4 rings (SSSR count). The van der Waals surface area contributed by atoms with Crippen molar-refractivity contribution in [1.29, 1.82) is 0 Å². The number of aromatic nitrogens is 4. The van der Waals surface area contributed by atoms with Crippen LogP contribution in [0.15, 0.2) is 66.1 Å². The largest absolute Gasteiger partial charge is 0.497 e. The highest BCUT2D eigenvalue weighted by Gasteiger charge is 2.15. The summed E-state index contributed by atoms with van der Waals surface area (Å²) in [6.07, 6.45) is 3.47. The van der Waals surface area contributed by atoms with Crippen LogP contribution < -0.4 is 4.74 Å². The first-order valence-electron chi connectivity index (χ1n) is 9.78. The van der Waals surface area contributed by atoms with Crippen LogP contribution in [0.5, 0.6) is 5.75 Å². The molecule has 31 heavy (non-hydrogen) atoms. The van der Waals surface area contributed by atoms with Crippen LogP contribution in [-0.4, -0.2) is 50.5 Å². The lowest BCUT2D eigenvalue weighted by Crippen LogP contribution is -2.27. The number of carbonyl (C=O) groups is 1. The summed E-state index contributed by atoms with van der Waals surface area (Å²) in [5, 5.41) is 11.4. The number of methoxy groups -OCH3 is 1. The van der Waals surface area contributed by atoms with E-state index in [1.165, 1.54) is 11.8 Å². The van der Waals surface area contributed by atoms with Gasteiger partial charge in [-0.05, 0) is 46.7 Å². The van der Waals surface area contributed by atoms with Crippen LogP contribution in [0, 0.1) is 0 Å². The maximum atomic E-state index is 12.7. The van der Waals surface area contributed by atoms with Crippen molar-refractivity contribution >= 4 is 28.4 Å². The lowest BCUT2D eigenvalue weighted by atomic mass is 10.1. The van der Waals surface area contributed by atoms with Crippen molar-refractivity contribution < 1.29 is 9.53 Å². The van der Waals surface area contributed by atoms with Crippen molar-refractivity contribution in [3.8, 4) is 17.1 Å². The minimum absolute atomic E-state index is 0.0331. The molecule has 0 aliphatic carbocycles. The van der Waals surface area contributed by atoms with Crippen molar-refractivity contribution in [3.63, 3.8) is 0 Å². The number of rotatable bonds is 7. The highest BCUT2D eigenvalue weighted by atomic mass is 32.2. The third-order valence-corrected chi connectivity index (χ3v) is 6.04. The maximum Gasteiger partial charge on any atom is 0.233 e. The van der Waals surface area contributed by atoms with E-state index in [-0.39, 0.29) is 5.91 Å². The number of hydrogen-bond donors (Lipinski definition) is 0. The molecule has 158 valence electrons. The molecule has 0 radical (unpaired) electrons. The Bertz CT molecular complexity index is 1210. The van der Waals surface area contributed by atoms with E-state index in [9.17, 15) is 4.79 Å². The van der Waals surface area contributed by atoms with Gasteiger partial charge in [0.2, 0.25) is 5.91 Å². The van der Waals surface area contributed by atoms with Gasteiger partial charge in [0.25, 0.3) is 0 Å². The molecule has 0 spiro atoms. The second-order valence-corrected chi connectivity index (χ2v) is 8.14. The summed E-state index contributed by atoms with van der Waals surface area (Å²) in [7, 11) is 5.37. The van der Waals surface area contributed by atoms with Gasteiger partial charge in [-0.15, -0.1) is 10.2 Å². The monoisotopic (exact) mass is 433 g/mol. The van der Waals surface area contributed by atoms with Crippen LogP contribution in [0.2, 0.25) is 0 Å². The van der Waals surface area contributed by atoms with Crippen LogP contribution in [-0.2, 0) is 18.4 Å². The number of ether oxygens (including phenoxy) is 1. The number of amides is 1. The summed E-state index contributed by atoms with van der Waals surface area (Å²) in [6.45, 7) is 0.543. The number of benzene rings is 2. The lowest BCUT2D eigenvalue weighted by molar-refractivity contribution is -0.127. The van der Waals surface area contributed by atoms with E-state index in [2.05, 4.69) is 27.3 Å². The second-order valence-electron chi connectivity index (χ2n) is 7.19. The third-order valence-electron chi connectivity index (χ3n) is 5.04. The number of carbonyl (C=O) groups excluding carboxylic acids is 1. The van der Waals surface area contributed by atoms with Crippen LogP contribution in [0.25, 0.3) is 22.2 Å². The average Bonchev–Trinajstić information content (AvgIpc) is 3.17. The van der Waals surface area contributed by atoms with Crippen LogP contribution >= 0.6 is 11.8 Å². The van der Waals surface area contributed by atoms with E-state index in [4.69, 9.17) is 4.74 Å². The van der Waals surface area contributed by atoms with Gasteiger partial charge in [-0.3, -0.25) is 9.78 Å². The van der Waals surface area contributed by atoms with E-state index in [0.29, 0.717) is 17.5 Å². The van der Waals surface area contributed by atoms with Gasteiger partial charge in [0, 0.05) is 38.6 Å². The number of fused-ring (bicyclic) bond motifs is 1. The molecule has 7 nitrogen and oxygen atoms in total. The fourth-order valence-electron chi connectivity index (χ4n) is 3.28. The summed E-state index contributed by atoms with van der Waals surface area (Å²) < 4.78 is 7.16. The van der Waals surface area contributed by atoms with Crippen LogP contribution in [0.1, 0.15) is 5.56 Å². The molecule has 0 fully saturated rings. The molecule has 0 saturated heterocycles. The summed E-state index contributed by atoms with van der Waals surface area (Å²) in [6, 6.07) is 16.0. The fourth-order valence-corrected chi connectivity index (χ4v) is 4.14. The summed E-state index contributed by atoms with van der Waals surface area (Å²) in [5.41, 5.74) is 1.97. The van der Waals surface area contributed by atoms with E-state index in [1.807, 2.05) is 55.1 Å². The Morgan fingerprint density at radius 1 is 1.13 bits per heavy atom. The molecule has 2 heterocycles. The van der Waals surface area contributed by atoms with Crippen molar-refractivity contribution in [3.05, 3.63) is 66.5 Å². The van der Waals surface area contributed by atoms with Gasteiger partial charge < -0.3 is 14.2 Å². The number of pyridine rings is 1. The summed E-state index contributed by atoms with van der Waals surface area (Å²) in [5.74, 6) is 1.88. The molecule has 2 aromatic heterocycles. The lowest BCUT2D eigenvalue weighted by Gasteiger charge is -2.17. The fraction of sp³-hybridized carbons (Fsp3) is 0.217. The van der Waals surface area contributed by atoms with Gasteiger partial charge in [-0.2, -0.15) is 0 Å². The first kappa shape index (κ1) is 20.9. The normalized spacial score (nSPS) is 10.9. The van der Waals surface area contributed by atoms with Gasteiger partial charge >= 0.3 is 0 Å². The molecule has 0 N–H and O–H groups in total. The Labute approximate surface area is 185 Å². The molecule has 2 aromatic carbocycles. The molecule has 0 atom stereocenters. The zero-order valence-electron chi connectivity index (χ0n) is 17.6.